The molecule has 1 unspecified atom stereocenters. The molecule has 0 amide bonds. The van der Waals surface area contributed by atoms with Crippen molar-refractivity contribution >= 4 is 50.9 Å². The van der Waals surface area contributed by atoms with E-state index in [0.717, 1.165) is 15.8 Å². The summed E-state index contributed by atoms with van der Waals surface area (Å²) < 4.78 is 1.08. The Kier molecular flexibility index (Phi) is 6.20. The second-order valence-electron chi connectivity index (χ2n) is 4.13. The number of benzene rings is 2. The van der Waals surface area contributed by atoms with Crippen molar-refractivity contribution in [1.82, 2.24) is 5.43 Å². The van der Waals surface area contributed by atoms with Gasteiger partial charge in [-0.05, 0) is 45.8 Å². The molecule has 0 aliphatic heterocycles. The van der Waals surface area contributed by atoms with Crippen LogP contribution in [0.5, 0.6) is 0 Å². The largest absolute Gasteiger partial charge is 0.271 e. The highest BCUT2D eigenvalue weighted by atomic mass is 79.9. The highest BCUT2D eigenvalue weighted by molar-refractivity contribution is 9.10. The maximum atomic E-state index is 6.04. The second-order valence-corrected chi connectivity index (χ2v) is 6.86. The summed E-state index contributed by atoms with van der Waals surface area (Å²) in [6.07, 6.45) is 0. The Morgan fingerprint density at radius 1 is 1.15 bits per heavy atom. The number of hydrazine groups is 1. The van der Waals surface area contributed by atoms with E-state index in [1.54, 1.807) is 17.8 Å². The van der Waals surface area contributed by atoms with Crippen LogP contribution in [0, 0.1) is 0 Å². The van der Waals surface area contributed by atoms with E-state index in [4.69, 9.17) is 29.0 Å². The molecule has 0 radical (unpaired) electrons. The number of thioether (sulfide) groups is 1. The molecular formula is C14H13BrCl2N2S. The normalized spacial score (nSPS) is 12.4. The molecule has 0 spiro atoms. The van der Waals surface area contributed by atoms with Gasteiger partial charge in [-0.1, -0.05) is 41.4 Å². The van der Waals surface area contributed by atoms with Crippen LogP contribution < -0.4 is 11.3 Å². The first kappa shape index (κ1) is 16.1. The first-order chi connectivity index (χ1) is 9.61. The van der Waals surface area contributed by atoms with Crippen LogP contribution >= 0.6 is 50.9 Å². The van der Waals surface area contributed by atoms with Crippen LogP contribution in [0.1, 0.15) is 11.6 Å². The van der Waals surface area contributed by atoms with Crippen LogP contribution in [0.25, 0.3) is 0 Å². The Balaban J connectivity index is 2.09. The lowest BCUT2D eigenvalue weighted by atomic mass is 10.1. The Morgan fingerprint density at radius 3 is 2.55 bits per heavy atom. The van der Waals surface area contributed by atoms with E-state index in [-0.39, 0.29) is 6.04 Å². The van der Waals surface area contributed by atoms with Gasteiger partial charge in [0.2, 0.25) is 0 Å². The van der Waals surface area contributed by atoms with Crippen molar-refractivity contribution in [3.63, 3.8) is 0 Å². The fraction of sp³-hybridized carbons (Fsp3) is 0.143. The van der Waals surface area contributed by atoms with Crippen molar-refractivity contribution in [2.75, 3.05) is 5.75 Å². The molecular weight excluding hydrogens is 379 g/mol. The number of nitrogens with two attached hydrogens (primary N) is 1. The summed E-state index contributed by atoms with van der Waals surface area (Å²) in [7, 11) is 0. The zero-order valence-corrected chi connectivity index (χ0v) is 14.4. The molecule has 3 N–H and O–H groups in total. The smallest absolute Gasteiger partial charge is 0.0595 e. The number of nitrogens with one attached hydrogen (secondary N) is 1. The predicted octanol–water partition coefficient (Wildman–Crippen LogP) is 5.05. The Hall–Kier alpha value is -0.230. The third-order valence-electron chi connectivity index (χ3n) is 2.79. The summed E-state index contributed by atoms with van der Waals surface area (Å²) in [5.74, 6) is 6.43. The Morgan fingerprint density at radius 2 is 1.90 bits per heavy atom. The maximum absolute atomic E-state index is 6.04. The Labute approximate surface area is 141 Å². The number of halogens is 3. The maximum Gasteiger partial charge on any atom is 0.0595 e. The van der Waals surface area contributed by atoms with Crippen LogP contribution in [0.3, 0.4) is 0 Å². The van der Waals surface area contributed by atoms with Gasteiger partial charge in [0.25, 0.3) is 0 Å². The van der Waals surface area contributed by atoms with E-state index in [1.165, 1.54) is 4.90 Å². The fourth-order valence-electron chi connectivity index (χ4n) is 1.70. The quantitative estimate of drug-likeness (QED) is 0.425. The van der Waals surface area contributed by atoms with Gasteiger partial charge in [0.05, 0.1) is 16.1 Å². The number of hydrogen-bond donors (Lipinski definition) is 2. The zero-order chi connectivity index (χ0) is 14.5. The lowest BCUT2D eigenvalue weighted by molar-refractivity contribution is 0.611. The van der Waals surface area contributed by atoms with Gasteiger partial charge in [0, 0.05) is 15.1 Å². The minimum atomic E-state index is 0.00173. The van der Waals surface area contributed by atoms with Crippen molar-refractivity contribution in [2.45, 2.75) is 10.9 Å². The molecule has 2 rings (SSSR count). The van der Waals surface area contributed by atoms with E-state index >= 15 is 0 Å². The average molecular weight is 392 g/mol. The monoisotopic (exact) mass is 390 g/mol. The second kappa shape index (κ2) is 7.69. The van der Waals surface area contributed by atoms with Crippen LogP contribution in [-0.2, 0) is 0 Å². The molecule has 2 aromatic carbocycles. The molecule has 0 heterocycles. The van der Waals surface area contributed by atoms with Gasteiger partial charge in [-0.3, -0.25) is 11.3 Å². The molecule has 0 aliphatic carbocycles. The highest BCUT2D eigenvalue weighted by Crippen LogP contribution is 2.32. The summed E-state index contributed by atoms with van der Waals surface area (Å²) >= 11 is 17.2. The van der Waals surface area contributed by atoms with Crippen molar-refractivity contribution in [3.8, 4) is 0 Å². The van der Waals surface area contributed by atoms with E-state index < -0.39 is 0 Å². The predicted molar refractivity (Wildman–Crippen MR) is 91.4 cm³/mol. The van der Waals surface area contributed by atoms with E-state index in [0.29, 0.717) is 10.0 Å². The van der Waals surface area contributed by atoms with Gasteiger partial charge in [0.15, 0.2) is 0 Å². The summed E-state index contributed by atoms with van der Waals surface area (Å²) in [4.78, 5) is 1.17. The molecule has 1 atom stereocenters. The zero-order valence-electron chi connectivity index (χ0n) is 10.4. The standard InChI is InChI=1S/C14H13BrCl2N2S/c15-10-3-1-2-4-14(10)20-8-13(19-18)9-5-6-11(16)12(17)7-9/h1-7,13,19H,8,18H2. The minimum Gasteiger partial charge on any atom is -0.271 e. The summed E-state index contributed by atoms with van der Waals surface area (Å²) in [6.45, 7) is 0. The molecule has 6 heteroatoms. The van der Waals surface area contributed by atoms with Crippen molar-refractivity contribution < 1.29 is 0 Å². The van der Waals surface area contributed by atoms with Gasteiger partial charge in [-0.2, -0.15) is 0 Å². The Bertz CT molecular complexity index is 595. The SMILES string of the molecule is NNC(CSc1ccccc1Br)c1ccc(Cl)c(Cl)c1. The van der Waals surface area contributed by atoms with Crippen molar-refractivity contribution in [1.29, 1.82) is 0 Å². The highest BCUT2D eigenvalue weighted by Gasteiger charge is 2.12. The third kappa shape index (κ3) is 4.13. The molecule has 0 aliphatic rings. The third-order valence-corrected chi connectivity index (χ3v) is 5.65. The molecule has 0 saturated carbocycles. The molecule has 0 bridgehead atoms. The molecule has 0 aromatic heterocycles. The van der Waals surface area contributed by atoms with Crippen LogP contribution in [0.2, 0.25) is 10.0 Å². The van der Waals surface area contributed by atoms with Crippen LogP contribution in [0.15, 0.2) is 51.8 Å². The average Bonchev–Trinajstić information content (AvgIpc) is 2.45. The van der Waals surface area contributed by atoms with Gasteiger partial charge in [-0.25, -0.2) is 0 Å². The van der Waals surface area contributed by atoms with Crippen LogP contribution in [0.4, 0.5) is 0 Å². The van der Waals surface area contributed by atoms with Gasteiger partial charge < -0.3 is 0 Å². The minimum absolute atomic E-state index is 0.00173. The van der Waals surface area contributed by atoms with Crippen molar-refractivity contribution in [2.24, 2.45) is 5.84 Å². The first-order valence-corrected chi connectivity index (χ1v) is 8.43. The molecule has 20 heavy (non-hydrogen) atoms. The fourth-order valence-corrected chi connectivity index (χ4v) is 3.65. The van der Waals surface area contributed by atoms with Crippen LogP contribution in [-0.4, -0.2) is 5.75 Å². The van der Waals surface area contributed by atoms with E-state index in [9.17, 15) is 0 Å². The number of hydrogen-bond acceptors (Lipinski definition) is 3. The molecule has 0 saturated heterocycles. The molecule has 2 aromatic rings. The van der Waals surface area contributed by atoms with Gasteiger partial charge >= 0.3 is 0 Å². The summed E-state index contributed by atoms with van der Waals surface area (Å²) in [5.41, 5.74) is 3.83. The summed E-state index contributed by atoms with van der Waals surface area (Å²) in [6, 6.07) is 13.6. The lowest BCUT2D eigenvalue weighted by Gasteiger charge is -2.17. The molecule has 106 valence electrons. The first-order valence-electron chi connectivity index (χ1n) is 5.90. The van der Waals surface area contributed by atoms with Gasteiger partial charge in [0.1, 0.15) is 0 Å². The molecule has 0 fully saturated rings. The summed E-state index contributed by atoms with van der Waals surface area (Å²) in [5, 5.41) is 1.08. The molecule has 2 nitrogen and oxygen atoms in total. The number of rotatable bonds is 5. The lowest BCUT2D eigenvalue weighted by Crippen LogP contribution is -2.29. The van der Waals surface area contributed by atoms with E-state index in [2.05, 4.69) is 27.4 Å². The van der Waals surface area contributed by atoms with Gasteiger partial charge in [-0.15, -0.1) is 11.8 Å². The topological polar surface area (TPSA) is 38.0 Å². The van der Waals surface area contributed by atoms with E-state index in [1.807, 2.05) is 30.3 Å². The van der Waals surface area contributed by atoms with Crippen molar-refractivity contribution in [3.05, 3.63) is 62.5 Å².